The molecule has 0 saturated heterocycles. The van der Waals surface area contributed by atoms with Gasteiger partial charge in [0.05, 0.1) is 11.4 Å². The van der Waals surface area contributed by atoms with Crippen LogP contribution in [0.4, 0.5) is 64.6 Å². The van der Waals surface area contributed by atoms with Gasteiger partial charge in [-0.3, -0.25) is 19.6 Å². The van der Waals surface area contributed by atoms with E-state index in [0.29, 0.717) is 23.7 Å². The molecule has 0 bridgehead atoms. The van der Waals surface area contributed by atoms with Crippen molar-refractivity contribution in [1.29, 1.82) is 0 Å². The Hall–Kier alpha value is -5.26. The summed E-state index contributed by atoms with van der Waals surface area (Å²) in [6.07, 6.45) is -16.9. The standard InChI is InChI=1S/2C10H10N4.2C5H2F6O2.C2H4Cl2.Cu/c2*1-7-5-9(14-10(11)13-7)8-3-2-4-12-6-8;2*6-4(7,8)2(12)1-3(13)5(9,10)11;3-1-2-4;/h2*2-6H,1H3,(H2,11,13,14);2*1,12H;1-2H2;/q;;;;;+2/p-2/b;;2*2-1-;;. The first kappa shape index (κ1) is 55.8. The Morgan fingerprint density at radius 1 is 0.610 bits per heavy atom. The smallest absolute Gasteiger partial charge is 0.869 e. The van der Waals surface area contributed by atoms with Crippen molar-refractivity contribution in [2.45, 2.75) is 38.6 Å². The van der Waals surface area contributed by atoms with E-state index in [0.717, 1.165) is 33.9 Å². The predicted octanol–water partition coefficient (Wildman–Crippen LogP) is 6.17. The molecule has 0 aromatic carbocycles. The number of nitrogens with two attached hydrogens (primary N) is 2. The molecule has 59 heavy (non-hydrogen) atoms. The van der Waals surface area contributed by atoms with Crippen molar-refractivity contribution in [1.82, 2.24) is 29.9 Å². The van der Waals surface area contributed by atoms with Gasteiger partial charge in [-0.15, -0.1) is 23.2 Å². The molecule has 0 aliphatic heterocycles. The molecule has 327 valence electrons. The van der Waals surface area contributed by atoms with E-state index in [9.17, 15) is 72.5 Å². The van der Waals surface area contributed by atoms with Gasteiger partial charge in [0.2, 0.25) is 11.9 Å². The van der Waals surface area contributed by atoms with Crippen molar-refractivity contribution in [3.8, 4) is 22.5 Å². The molecule has 0 aliphatic rings. The van der Waals surface area contributed by atoms with E-state index in [-0.39, 0.29) is 17.1 Å². The van der Waals surface area contributed by atoms with Crippen molar-refractivity contribution in [3.05, 3.63) is 96.2 Å². The number of carbonyl (C=O) groups excluding carboxylic acids is 2. The van der Waals surface area contributed by atoms with Gasteiger partial charge in [-0.25, -0.2) is 19.9 Å². The van der Waals surface area contributed by atoms with Gasteiger partial charge in [0, 0.05) is 59.1 Å². The predicted molar refractivity (Wildman–Crippen MR) is 181 cm³/mol. The van der Waals surface area contributed by atoms with Crippen molar-refractivity contribution < 1.29 is 89.6 Å². The van der Waals surface area contributed by atoms with Crippen molar-refractivity contribution >= 4 is 46.7 Å². The summed E-state index contributed by atoms with van der Waals surface area (Å²) in [6, 6.07) is 11.4. The first-order valence-electron chi connectivity index (χ1n) is 14.8. The number of ketones is 2. The van der Waals surface area contributed by atoms with Crippen LogP contribution < -0.4 is 21.7 Å². The Morgan fingerprint density at radius 2 is 0.915 bits per heavy atom. The van der Waals surface area contributed by atoms with Gasteiger partial charge in [-0.2, -0.15) is 52.7 Å². The van der Waals surface area contributed by atoms with Gasteiger partial charge in [-0.05, 0) is 73.9 Å². The summed E-state index contributed by atoms with van der Waals surface area (Å²) in [6.45, 7) is 3.77. The Morgan fingerprint density at radius 3 is 1.12 bits per heavy atom. The van der Waals surface area contributed by atoms with Crippen LogP contribution in [-0.4, -0.2) is 77.9 Å². The van der Waals surface area contributed by atoms with E-state index >= 15 is 0 Å². The monoisotopic (exact) mass is 947 g/mol. The van der Waals surface area contributed by atoms with Gasteiger partial charge in [0.25, 0.3) is 11.6 Å². The second-order valence-corrected chi connectivity index (χ2v) is 10.9. The van der Waals surface area contributed by atoms with Crippen LogP contribution in [0, 0.1) is 13.8 Å². The molecule has 4 rings (SSSR count). The van der Waals surface area contributed by atoms with Gasteiger partial charge in [0.1, 0.15) is 0 Å². The van der Waals surface area contributed by atoms with Crippen LogP contribution in [0.25, 0.3) is 22.5 Å². The third-order valence-corrected chi connectivity index (χ3v) is 5.94. The average molecular weight is 949 g/mol. The summed E-state index contributed by atoms with van der Waals surface area (Å²) >= 11 is 10.1. The molecule has 0 spiro atoms. The Labute approximate surface area is 345 Å². The zero-order chi connectivity index (χ0) is 45.1. The largest absolute Gasteiger partial charge is 2.00 e. The van der Waals surface area contributed by atoms with Gasteiger partial charge in [-0.1, -0.05) is 0 Å². The van der Waals surface area contributed by atoms with E-state index in [1.54, 1.807) is 24.8 Å². The third kappa shape index (κ3) is 23.7. The quantitative estimate of drug-likeness (QED) is 0.0757. The number of aryl methyl sites for hydroxylation is 2. The summed E-state index contributed by atoms with van der Waals surface area (Å²) in [4.78, 5) is 44.0. The molecule has 27 heteroatoms. The van der Waals surface area contributed by atoms with Crippen LogP contribution in [-0.2, 0) is 26.7 Å². The topological polar surface area (TPSA) is 210 Å². The number of aromatic nitrogens is 6. The number of nitrogens with zero attached hydrogens (tertiary/aromatic N) is 6. The summed E-state index contributed by atoms with van der Waals surface area (Å²) in [5.41, 5.74) is 16.3. The number of allylic oxidation sites excluding steroid dienone is 4. The number of rotatable bonds is 5. The minimum absolute atomic E-state index is 0. The second-order valence-electron chi connectivity index (χ2n) is 10.1. The maximum absolute atomic E-state index is 11.3. The molecule has 1 radical (unpaired) electrons. The van der Waals surface area contributed by atoms with Crippen LogP contribution in [0.3, 0.4) is 0 Å². The first-order chi connectivity index (χ1) is 26.5. The SMILES string of the molecule is Cc1cc(-c2cccnc2)nc(N)n1.Cc1cc(-c2cccnc2)nc(N)n1.ClCCCl.O=C(/C=C(\[O-])C(F)(F)F)C(F)(F)F.O=C(/C=C(\[O-])C(F)(F)F)C(F)(F)F.[Cu+2]. The zero-order valence-corrected chi connectivity index (χ0v) is 31.9. The Kier molecular flexibility index (Phi) is 23.9. The van der Waals surface area contributed by atoms with E-state index in [2.05, 4.69) is 29.9 Å². The summed E-state index contributed by atoms with van der Waals surface area (Å²) < 4.78 is 136. The molecule has 0 atom stereocenters. The molecule has 4 heterocycles. The number of alkyl halides is 14. The van der Waals surface area contributed by atoms with Crippen LogP contribution in [0.5, 0.6) is 0 Å². The molecule has 0 unspecified atom stereocenters. The third-order valence-electron chi connectivity index (χ3n) is 5.37. The van der Waals surface area contributed by atoms with Crippen LogP contribution >= 0.6 is 23.2 Å². The Balaban J connectivity index is 0. The number of carbonyl (C=O) groups is 2. The molecule has 0 amide bonds. The number of nitrogen functional groups attached to an aromatic ring is 2. The van der Waals surface area contributed by atoms with Gasteiger partial charge < -0.3 is 21.7 Å². The number of halogens is 14. The summed E-state index contributed by atoms with van der Waals surface area (Å²) in [7, 11) is 0. The van der Waals surface area contributed by atoms with Crippen molar-refractivity contribution in [3.63, 3.8) is 0 Å². The van der Waals surface area contributed by atoms with Crippen molar-refractivity contribution in [2.75, 3.05) is 23.2 Å². The number of hydrogen-bond donors (Lipinski definition) is 2. The fourth-order valence-electron chi connectivity index (χ4n) is 3.07. The Bertz CT molecular complexity index is 1790. The van der Waals surface area contributed by atoms with E-state index in [1.165, 1.54) is 0 Å². The molecular formula is C32H26Cl2CuF12N8O4. The van der Waals surface area contributed by atoms with Crippen LogP contribution in [0.2, 0.25) is 0 Å². The van der Waals surface area contributed by atoms with E-state index in [1.807, 2.05) is 50.2 Å². The van der Waals surface area contributed by atoms with Gasteiger partial charge >= 0.3 is 41.8 Å². The fourth-order valence-corrected chi connectivity index (χ4v) is 3.07. The molecule has 12 nitrogen and oxygen atoms in total. The second kappa shape index (κ2) is 25.3. The fraction of sp³-hybridized carbons (Fsp3) is 0.250. The number of anilines is 2. The average Bonchev–Trinajstić information content (AvgIpc) is 3.11. The zero-order valence-electron chi connectivity index (χ0n) is 29.4. The molecule has 0 aliphatic carbocycles. The van der Waals surface area contributed by atoms with Crippen LogP contribution in [0.1, 0.15) is 11.4 Å². The summed E-state index contributed by atoms with van der Waals surface area (Å²) in [5.74, 6) is -9.59. The van der Waals surface area contributed by atoms with Crippen LogP contribution in [0.15, 0.2) is 84.9 Å². The van der Waals surface area contributed by atoms with Crippen molar-refractivity contribution in [2.24, 2.45) is 0 Å². The van der Waals surface area contributed by atoms with E-state index in [4.69, 9.17) is 34.7 Å². The first-order valence-corrected chi connectivity index (χ1v) is 15.9. The molecule has 0 saturated carbocycles. The summed E-state index contributed by atoms with van der Waals surface area (Å²) in [5, 5.41) is 19.6. The maximum Gasteiger partial charge on any atom is 2.00 e. The number of pyridine rings is 2. The minimum atomic E-state index is -5.46. The number of hydrogen-bond acceptors (Lipinski definition) is 12. The normalized spacial score (nSPS) is 11.7. The minimum Gasteiger partial charge on any atom is -0.869 e. The molecule has 4 aromatic rings. The van der Waals surface area contributed by atoms with Gasteiger partial charge in [0.15, 0.2) is 0 Å². The molecule has 4 aromatic heterocycles. The van der Waals surface area contributed by atoms with E-state index < -0.39 is 59.9 Å². The molecule has 0 fully saturated rings. The molecular weight excluding hydrogens is 923 g/mol. The molecule has 4 N–H and O–H groups in total. The maximum atomic E-state index is 11.3.